The van der Waals surface area contributed by atoms with Crippen LogP contribution in [0.2, 0.25) is 0 Å². The fraction of sp³-hybridized carbons (Fsp3) is 0.714. The molecule has 0 radical (unpaired) electrons. The summed E-state index contributed by atoms with van der Waals surface area (Å²) in [7, 11) is 3.73. The molecule has 1 aromatic rings. The molecule has 0 fully saturated rings. The van der Waals surface area contributed by atoms with Crippen molar-refractivity contribution < 1.29 is 4.74 Å². The third-order valence-electron chi connectivity index (χ3n) is 2.99. The molecule has 19 heavy (non-hydrogen) atoms. The molecule has 0 unspecified atom stereocenters. The maximum Gasteiger partial charge on any atom is 0.225 e. The summed E-state index contributed by atoms with van der Waals surface area (Å²) in [6, 6.07) is 0. The predicted octanol–water partition coefficient (Wildman–Crippen LogP) is 1.76. The summed E-state index contributed by atoms with van der Waals surface area (Å²) in [5.41, 5.74) is 2.22. The number of hydrogen-bond donors (Lipinski definition) is 1. The predicted molar refractivity (Wildman–Crippen MR) is 78.5 cm³/mol. The van der Waals surface area contributed by atoms with E-state index in [2.05, 4.69) is 27.1 Å². The van der Waals surface area contributed by atoms with Crippen molar-refractivity contribution in [1.82, 2.24) is 15.3 Å². The van der Waals surface area contributed by atoms with Crippen LogP contribution in [-0.2, 0) is 11.3 Å². The van der Waals surface area contributed by atoms with Crippen molar-refractivity contribution in [3.05, 3.63) is 17.5 Å². The molecule has 5 heteroatoms. The number of methoxy groups -OCH3 is 1. The number of aryl methyl sites for hydroxylation is 1. The van der Waals surface area contributed by atoms with E-state index in [9.17, 15) is 0 Å². The molecule has 0 amide bonds. The van der Waals surface area contributed by atoms with E-state index in [1.54, 1.807) is 7.11 Å². The molecule has 0 spiro atoms. The second kappa shape index (κ2) is 8.82. The van der Waals surface area contributed by atoms with Crippen molar-refractivity contribution >= 4 is 5.95 Å². The lowest BCUT2D eigenvalue weighted by atomic mass is 10.2. The Labute approximate surface area is 116 Å². The summed E-state index contributed by atoms with van der Waals surface area (Å²) in [5, 5.41) is 3.37. The molecule has 0 saturated carbocycles. The third kappa shape index (κ3) is 5.53. The van der Waals surface area contributed by atoms with Gasteiger partial charge < -0.3 is 15.0 Å². The highest BCUT2D eigenvalue weighted by Gasteiger charge is 2.07. The lowest BCUT2D eigenvalue weighted by Crippen LogP contribution is -2.23. The normalized spacial score (nSPS) is 10.7. The zero-order valence-corrected chi connectivity index (χ0v) is 12.6. The molecule has 1 N–H and O–H groups in total. The Morgan fingerprint density at radius 2 is 2.21 bits per heavy atom. The number of anilines is 1. The Balaban J connectivity index is 2.54. The highest BCUT2D eigenvalue weighted by Crippen LogP contribution is 2.10. The van der Waals surface area contributed by atoms with Gasteiger partial charge in [0.05, 0.1) is 0 Å². The molecule has 5 nitrogen and oxygen atoms in total. The van der Waals surface area contributed by atoms with Gasteiger partial charge in [0.2, 0.25) is 5.95 Å². The summed E-state index contributed by atoms with van der Waals surface area (Å²) < 4.78 is 5.05. The summed E-state index contributed by atoms with van der Waals surface area (Å²) in [5.74, 6) is 0.785. The molecule has 0 bridgehead atoms. The van der Waals surface area contributed by atoms with Crippen LogP contribution in [0, 0.1) is 6.92 Å². The van der Waals surface area contributed by atoms with Gasteiger partial charge in [0.1, 0.15) is 0 Å². The smallest absolute Gasteiger partial charge is 0.225 e. The molecule has 0 aliphatic carbocycles. The van der Waals surface area contributed by atoms with Crippen LogP contribution in [0.25, 0.3) is 0 Å². The van der Waals surface area contributed by atoms with Crippen molar-refractivity contribution in [1.29, 1.82) is 0 Å². The number of ether oxygens (including phenoxy) is 1. The molecule has 0 saturated heterocycles. The van der Waals surface area contributed by atoms with E-state index < -0.39 is 0 Å². The van der Waals surface area contributed by atoms with E-state index in [1.807, 2.05) is 20.2 Å². The number of nitrogens with one attached hydrogen (secondary N) is 1. The lowest BCUT2D eigenvalue weighted by Gasteiger charge is -2.18. The van der Waals surface area contributed by atoms with Crippen LogP contribution in [0.3, 0.4) is 0 Å². The monoisotopic (exact) mass is 266 g/mol. The first-order chi connectivity index (χ1) is 9.19. The fourth-order valence-electron chi connectivity index (χ4n) is 1.78. The van der Waals surface area contributed by atoms with E-state index in [-0.39, 0.29) is 0 Å². The summed E-state index contributed by atoms with van der Waals surface area (Å²) in [6.07, 6.45) is 4.04. The van der Waals surface area contributed by atoms with Gasteiger partial charge in [-0.1, -0.05) is 6.92 Å². The minimum atomic E-state index is 0.766. The van der Waals surface area contributed by atoms with Crippen LogP contribution in [0.1, 0.15) is 31.0 Å². The van der Waals surface area contributed by atoms with Gasteiger partial charge >= 0.3 is 0 Å². The molecule has 0 aliphatic rings. The van der Waals surface area contributed by atoms with E-state index in [1.165, 1.54) is 5.56 Å². The van der Waals surface area contributed by atoms with Crippen molar-refractivity contribution in [2.75, 3.05) is 38.8 Å². The van der Waals surface area contributed by atoms with Crippen molar-refractivity contribution in [3.8, 4) is 0 Å². The topological polar surface area (TPSA) is 50.3 Å². The van der Waals surface area contributed by atoms with E-state index >= 15 is 0 Å². The average Bonchev–Trinajstić information content (AvgIpc) is 2.41. The molecule has 0 aromatic carbocycles. The maximum absolute atomic E-state index is 5.05. The Hall–Kier alpha value is -1.20. The summed E-state index contributed by atoms with van der Waals surface area (Å²) >= 11 is 0. The zero-order chi connectivity index (χ0) is 14.1. The second-order valence-corrected chi connectivity index (χ2v) is 4.73. The molecule has 1 rings (SSSR count). The van der Waals surface area contributed by atoms with Gasteiger partial charge in [0, 0.05) is 51.3 Å². The van der Waals surface area contributed by atoms with Crippen LogP contribution in [0.5, 0.6) is 0 Å². The highest BCUT2D eigenvalue weighted by atomic mass is 16.5. The van der Waals surface area contributed by atoms with Crippen molar-refractivity contribution in [3.63, 3.8) is 0 Å². The SMILES string of the molecule is CCCNCc1cnc(N(C)CCCOC)nc1C. The van der Waals surface area contributed by atoms with Gasteiger partial charge in [-0.3, -0.25) is 0 Å². The first-order valence-corrected chi connectivity index (χ1v) is 6.92. The zero-order valence-electron chi connectivity index (χ0n) is 12.6. The second-order valence-electron chi connectivity index (χ2n) is 4.73. The quantitative estimate of drug-likeness (QED) is 0.690. The fourth-order valence-corrected chi connectivity index (χ4v) is 1.78. The van der Waals surface area contributed by atoms with Crippen LogP contribution in [-0.4, -0.2) is 43.8 Å². The molecule has 0 atom stereocenters. The van der Waals surface area contributed by atoms with Crippen LogP contribution in [0.15, 0.2) is 6.20 Å². The van der Waals surface area contributed by atoms with Gasteiger partial charge in [0.15, 0.2) is 0 Å². The minimum absolute atomic E-state index is 0.766. The van der Waals surface area contributed by atoms with Crippen molar-refractivity contribution in [2.24, 2.45) is 0 Å². The average molecular weight is 266 g/mol. The Morgan fingerprint density at radius 3 is 2.84 bits per heavy atom. The molecule has 1 heterocycles. The van der Waals surface area contributed by atoms with Crippen LogP contribution in [0.4, 0.5) is 5.95 Å². The molecule has 108 valence electrons. The van der Waals surface area contributed by atoms with Gasteiger partial charge in [0.25, 0.3) is 0 Å². The molecular weight excluding hydrogens is 240 g/mol. The van der Waals surface area contributed by atoms with Gasteiger partial charge in [-0.25, -0.2) is 9.97 Å². The first kappa shape index (κ1) is 15.9. The van der Waals surface area contributed by atoms with Gasteiger partial charge in [-0.05, 0) is 26.3 Å². The molecule has 0 aliphatic heterocycles. The number of nitrogens with zero attached hydrogens (tertiary/aromatic N) is 3. The van der Waals surface area contributed by atoms with Gasteiger partial charge in [-0.15, -0.1) is 0 Å². The summed E-state index contributed by atoms with van der Waals surface area (Å²) in [6.45, 7) is 7.74. The number of rotatable bonds is 9. The molecular formula is C14H26N4O. The standard InChI is InChI=1S/C14H26N4O/c1-5-7-15-10-13-11-16-14(17-12(13)2)18(3)8-6-9-19-4/h11,15H,5-10H2,1-4H3. The van der Waals surface area contributed by atoms with Crippen LogP contribution >= 0.6 is 0 Å². The number of hydrogen-bond acceptors (Lipinski definition) is 5. The summed E-state index contributed by atoms with van der Waals surface area (Å²) in [4.78, 5) is 11.1. The van der Waals surface area contributed by atoms with E-state index in [4.69, 9.17) is 4.74 Å². The Kier molecular flexibility index (Phi) is 7.36. The van der Waals surface area contributed by atoms with E-state index in [0.29, 0.717) is 0 Å². The number of aromatic nitrogens is 2. The Morgan fingerprint density at radius 1 is 1.42 bits per heavy atom. The highest BCUT2D eigenvalue weighted by molar-refractivity contribution is 5.31. The molecule has 1 aromatic heterocycles. The minimum Gasteiger partial charge on any atom is -0.385 e. The van der Waals surface area contributed by atoms with E-state index in [0.717, 1.165) is 50.7 Å². The van der Waals surface area contributed by atoms with Crippen molar-refractivity contribution in [2.45, 2.75) is 33.2 Å². The first-order valence-electron chi connectivity index (χ1n) is 6.92. The third-order valence-corrected chi connectivity index (χ3v) is 2.99. The van der Waals surface area contributed by atoms with Crippen LogP contribution < -0.4 is 10.2 Å². The lowest BCUT2D eigenvalue weighted by molar-refractivity contribution is 0.196. The Bertz CT molecular complexity index is 370. The maximum atomic E-state index is 5.05. The largest absolute Gasteiger partial charge is 0.385 e. The van der Waals surface area contributed by atoms with Gasteiger partial charge in [-0.2, -0.15) is 0 Å².